The van der Waals surface area contributed by atoms with Gasteiger partial charge in [-0.1, -0.05) is 12.1 Å². The lowest BCUT2D eigenvalue weighted by atomic mass is 10.0. The number of aliphatic hydroxyl groups is 1. The van der Waals surface area contributed by atoms with Crippen molar-refractivity contribution < 1.29 is 5.11 Å². The summed E-state index contributed by atoms with van der Waals surface area (Å²) in [5.41, 5.74) is 5.00. The number of fused-ring (bicyclic) bond motifs is 1. The average molecular weight is 435 g/mol. The van der Waals surface area contributed by atoms with Crippen molar-refractivity contribution in [2.24, 2.45) is 0 Å². The molecule has 2 atom stereocenters. The Hall–Kier alpha value is -2.48. The number of aromatic nitrogens is 3. The number of benzene rings is 1. The van der Waals surface area contributed by atoms with Crippen LogP contribution in [0.5, 0.6) is 0 Å². The standard InChI is InChI=1S/C25H34N6O/c1-16-14-26-17(2)28-23(16)20-15-27-24-19(20)6-4-7-21(24)29-25(32)22-8-5-11-31(22)18-9-12-30(3)13-10-18/h4,6-7,14-15,18,22,25,27,29,32H,5,8-13H2,1-3H3/t22-,25?/m1/s1. The average Bonchev–Trinajstić information content (AvgIpc) is 3.44. The van der Waals surface area contributed by atoms with E-state index in [0.29, 0.717) is 6.04 Å². The Kier molecular flexibility index (Phi) is 5.88. The number of anilines is 1. The van der Waals surface area contributed by atoms with Crippen molar-refractivity contribution in [3.05, 3.63) is 42.0 Å². The van der Waals surface area contributed by atoms with Gasteiger partial charge in [-0.25, -0.2) is 9.97 Å². The molecule has 32 heavy (non-hydrogen) atoms. The first-order valence-electron chi connectivity index (χ1n) is 11.8. The Labute approximate surface area is 189 Å². The van der Waals surface area contributed by atoms with Crippen molar-refractivity contribution in [1.82, 2.24) is 24.8 Å². The molecule has 2 aliphatic heterocycles. The van der Waals surface area contributed by atoms with Crippen molar-refractivity contribution in [3.8, 4) is 11.3 Å². The van der Waals surface area contributed by atoms with Gasteiger partial charge in [0.2, 0.25) is 0 Å². The zero-order chi connectivity index (χ0) is 22.2. The Morgan fingerprint density at radius 1 is 1.16 bits per heavy atom. The van der Waals surface area contributed by atoms with Gasteiger partial charge in [0.25, 0.3) is 0 Å². The number of nitrogens with zero attached hydrogens (tertiary/aromatic N) is 4. The number of aliphatic hydroxyl groups excluding tert-OH is 1. The van der Waals surface area contributed by atoms with E-state index in [1.54, 1.807) is 0 Å². The number of para-hydroxylation sites is 1. The zero-order valence-electron chi connectivity index (χ0n) is 19.3. The number of rotatable bonds is 5. The van der Waals surface area contributed by atoms with Crippen LogP contribution in [0.15, 0.2) is 30.6 Å². The first-order chi connectivity index (χ1) is 15.5. The predicted molar refractivity (Wildman–Crippen MR) is 129 cm³/mol. The lowest BCUT2D eigenvalue weighted by molar-refractivity contribution is 0.0444. The van der Waals surface area contributed by atoms with E-state index < -0.39 is 6.23 Å². The molecule has 3 aromatic rings. The molecular formula is C25H34N6O. The molecule has 1 aromatic carbocycles. The topological polar surface area (TPSA) is 80.3 Å². The highest BCUT2D eigenvalue weighted by Crippen LogP contribution is 2.34. The van der Waals surface area contributed by atoms with Crippen LogP contribution in [-0.4, -0.2) is 74.9 Å². The van der Waals surface area contributed by atoms with Crippen LogP contribution in [0.3, 0.4) is 0 Å². The number of piperidine rings is 1. The first kappa shape index (κ1) is 21.4. The molecule has 3 N–H and O–H groups in total. The van der Waals surface area contributed by atoms with Gasteiger partial charge in [-0.3, -0.25) is 4.90 Å². The van der Waals surface area contributed by atoms with E-state index in [2.05, 4.69) is 43.2 Å². The van der Waals surface area contributed by atoms with E-state index in [4.69, 9.17) is 0 Å². The van der Waals surface area contributed by atoms with Gasteiger partial charge in [0.1, 0.15) is 12.1 Å². The molecule has 7 heteroatoms. The van der Waals surface area contributed by atoms with Gasteiger partial charge in [0.15, 0.2) is 0 Å². The Morgan fingerprint density at radius 3 is 2.78 bits per heavy atom. The number of aryl methyl sites for hydroxylation is 2. The highest BCUT2D eigenvalue weighted by molar-refractivity contribution is 6.01. The number of hydrogen-bond acceptors (Lipinski definition) is 6. The third kappa shape index (κ3) is 4.00. The summed E-state index contributed by atoms with van der Waals surface area (Å²) in [6, 6.07) is 6.92. The molecule has 1 unspecified atom stereocenters. The largest absolute Gasteiger partial charge is 0.372 e. The molecule has 5 rings (SSSR count). The van der Waals surface area contributed by atoms with Crippen molar-refractivity contribution >= 4 is 16.6 Å². The summed E-state index contributed by atoms with van der Waals surface area (Å²) in [5.74, 6) is 0.764. The van der Waals surface area contributed by atoms with Gasteiger partial charge >= 0.3 is 0 Å². The summed E-state index contributed by atoms with van der Waals surface area (Å²) < 4.78 is 0. The normalized spacial score (nSPS) is 21.9. The molecule has 0 aliphatic carbocycles. The number of nitrogens with one attached hydrogen (secondary N) is 2. The van der Waals surface area contributed by atoms with E-state index in [1.165, 1.54) is 12.8 Å². The maximum Gasteiger partial charge on any atom is 0.140 e. The Morgan fingerprint density at radius 2 is 1.97 bits per heavy atom. The highest BCUT2D eigenvalue weighted by atomic mass is 16.3. The fraction of sp³-hybridized carbons (Fsp3) is 0.520. The number of H-pyrrole nitrogens is 1. The molecule has 0 bridgehead atoms. The minimum Gasteiger partial charge on any atom is -0.372 e. The number of hydrogen-bond donors (Lipinski definition) is 3. The van der Waals surface area contributed by atoms with Crippen LogP contribution in [0.4, 0.5) is 5.69 Å². The Balaban J connectivity index is 1.38. The monoisotopic (exact) mass is 434 g/mol. The molecule has 7 nitrogen and oxygen atoms in total. The van der Waals surface area contributed by atoms with Crippen LogP contribution in [0.25, 0.3) is 22.2 Å². The van der Waals surface area contributed by atoms with Crippen LogP contribution in [0.1, 0.15) is 37.1 Å². The van der Waals surface area contributed by atoms with Crippen LogP contribution in [0.2, 0.25) is 0 Å². The predicted octanol–water partition coefficient (Wildman–Crippen LogP) is 3.53. The Bertz CT molecular complexity index is 1090. The van der Waals surface area contributed by atoms with Crippen LogP contribution in [0, 0.1) is 13.8 Å². The van der Waals surface area contributed by atoms with Crippen LogP contribution < -0.4 is 5.32 Å². The molecule has 170 valence electrons. The molecule has 2 aliphatic rings. The van der Waals surface area contributed by atoms with Gasteiger partial charge in [-0.2, -0.15) is 0 Å². The molecule has 0 radical (unpaired) electrons. The van der Waals surface area contributed by atoms with Crippen LogP contribution >= 0.6 is 0 Å². The quantitative estimate of drug-likeness (QED) is 0.533. The second kappa shape index (κ2) is 8.81. The summed E-state index contributed by atoms with van der Waals surface area (Å²) in [5, 5.41) is 15.8. The molecule has 2 aromatic heterocycles. The van der Waals surface area contributed by atoms with Crippen molar-refractivity contribution in [1.29, 1.82) is 0 Å². The van der Waals surface area contributed by atoms with Crippen molar-refractivity contribution in [2.75, 3.05) is 32.0 Å². The molecule has 4 heterocycles. The lowest BCUT2D eigenvalue weighted by Crippen LogP contribution is -2.51. The molecule has 0 saturated carbocycles. The zero-order valence-corrected chi connectivity index (χ0v) is 19.3. The lowest BCUT2D eigenvalue weighted by Gasteiger charge is -2.39. The van der Waals surface area contributed by atoms with E-state index >= 15 is 0 Å². The van der Waals surface area contributed by atoms with Gasteiger partial charge in [0.05, 0.1) is 22.9 Å². The summed E-state index contributed by atoms with van der Waals surface area (Å²) in [4.78, 5) is 17.4. The minimum atomic E-state index is -0.600. The summed E-state index contributed by atoms with van der Waals surface area (Å²) >= 11 is 0. The highest BCUT2D eigenvalue weighted by Gasteiger charge is 2.36. The third-order valence-corrected chi connectivity index (χ3v) is 7.23. The summed E-state index contributed by atoms with van der Waals surface area (Å²) in [7, 11) is 2.20. The maximum atomic E-state index is 11.2. The fourth-order valence-electron chi connectivity index (χ4n) is 5.46. The van der Waals surface area contributed by atoms with E-state index in [0.717, 1.165) is 71.7 Å². The fourth-order valence-corrected chi connectivity index (χ4v) is 5.46. The first-order valence-corrected chi connectivity index (χ1v) is 11.8. The molecule has 2 saturated heterocycles. The minimum absolute atomic E-state index is 0.153. The van der Waals surface area contributed by atoms with Gasteiger partial charge in [-0.15, -0.1) is 0 Å². The van der Waals surface area contributed by atoms with E-state index in [9.17, 15) is 5.11 Å². The van der Waals surface area contributed by atoms with Crippen molar-refractivity contribution in [3.63, 3.8) is 0 Å². The van der Waals surface area contributed by atoms with Crippen molar-refractivity contribution in [2.45, 2.75) is 57.8 Å². The van der Waals surface area contributed by atoms with Crippen LogP contribution in [-0.2, 0) is 0 Å². The second-order valence-corrected chi connectivity index (χ2v) is 9.45. The molecule has 0 spiro atoms. The van der Waals surface area contributed by atoms with Gasteiger partial charge in [-0.05, 0) is 77.8 Å². The number of aromatic amines is 1. The molecule has 0 amide bonds. The summed E-state index contributed by atoms with van der Waals surface area (Å²) in [6.45, 7) is 7.32. The smallest absolute Gasteiger partial charge is 0.140 e. The maximum absolute atomic E-state index is 11.2. The van der Waals surface area contributed by atoms with E-state index in [1.807, 2.05) is 38.4 Å². The molecule has 2 fully saturated rings. The SMILES string of the molecule is Cc1ncc(C)c(-c2c[nH]c3c(NC(O)[C@H]4CCCN4C4CCN(C)CC4)cccc23)n1. The second-order valence-electron chi connectivity index (χ2n) is 9.45. The van der Waals surface area contributed by atoms with Gasteiger partial charge in [0, 0.05) is 29.4 Å². The third-order valence-electron chi connectivity index (χ3n) is 7.23. The van der Waals surface area contributed by atoms with E-state index in [-0.39, 0.29) is 6.04 Å². The summed E-state index contributed by atoms with van der Waals surface area (Å²) in [6.07, 6.45) is 7.85. The number of likely N-dealkylation sites (tertiary alicyclic amines) is 2. The van der Waals surface area contributed by atoms with Gasteiger partial charge < -0.3 is 20.3 Å². The molecular weight excluding hydrogens is 400 g/mol.